The number of hydrogen-bond donors (Lipinski definition) is 2. The Morgan fingerprint density at radius 1 is 1.05 bits per heavy atom. The number of amides is 5. The van der Waals surface area contributed by atoms with Crippen LogP contribution < -0.4 is 10.6 Å². The van der Waals surface area contributed by atoms with E-state index in [1.54, 1.807) is 25.2 Å². The van der Waals surface area contributed by atoms with E-state index in [-0.39, 0.29) is 48.8 Å². The zero-order valence-corrected chi connectivity index (χ0v) is 22.3. The molecule has 1 unspecified atom stereocenters. The lowest BCUT2D eigenvalue weighted by Gasteiger charge is -2.36. The van der Waals surface area contributed by atoms with Gasteiger partial charge in [0.15, 0.2) is 0 Å². The summed E-state index contributed by atoms with van der Waals surface area (Å²) in [5.41, 5.74) is 1.98. The second-order valence-corrected chi connectivity index (χ2v) is 10.3. The van der Waals surface area contributed by atoms with Gasteiger partial charge in [0.25, 0.3) is 11.8 Å². The van der Waals surface area contributed by atoms with Gasteiger partial charge in [-0.15, -0.1) is 0 Å². The standard InChI is InChI=1S/C29H32N4O7/c1-32(29(38)40-17-18-7-3-2-4-8-18)13-6-14-39-20-15-19(16-20)30-22-10-5-9-21-25(22)28(37)33(27(21)36)23-11-12-24(34)31-26(23)35/h2-5,7-10,19-20,23,30H,6,11-17H2,1H3,(H,31,34,35). The summed E-state index contributed by atoms with van der Waals surface area (Å²) in [6.45, 7) is 1.25. The average Bonchev–Trinajstić information content (AvgIpc) is 3.18. The van der Waals surface area contributed by atoms with Crippen molar-refractivity contribution < 1.29 is 33.4 Å². The summed E-state index contributed by atoms with van der Waals surface area (Å²) >= 11 is 0. The highest BCUT2D eigenvalue weighted by atomic mass is 16.6. The van der Waals surface area contributed by atoms with E-state index in [4.69, 9.17) is 9.47 Å². The van der Waals surface area contributed by atoms with Gasteiger partial charge in [-0.05, 0) is 43.4 Å². The summed E-state index contributed by atoms with van der Waals surface area (Å²) in [5, 5.41) is 5.56. The van der Waals surface area contributed by atoms with Crippen LogP contribution in [0.1, 0.15) is 58.4 Å². The van der Waals surface area contributed by atoms with E-state index in [2.05, 4.69) is 10.6 Å². The molecule has 2 aliphatic heterocycles. The van der Waals surface area contributed by atoms with Crippen molar-refractivity contribution >= 4 is 35.4 Å². The zero-order chi connectivity index (χ0) is 28.2. The summed E-state index contributed by atoms with van der Waals surface area (Å²) in [7, 11) is 1.70. The minimum Gasteiger partial charge on any atom is -0.445 e. The first-order valence-electron chi connectivity index (χ1n) is 13.5. The van der Waals surface area contributed by atoms with E-state index < -0.39 is 29.7 Å². The van der Waals surface area contributed by atoms with Crippen LogP contribution in [0, 0.1) is 0 Å². The van der Waals surface area contributed by atoms with Gasteiger partial charge in [-0.1, -0.05) is 36.4 Å². The Bertz CT molecular complexity index is 1310. The number of nitrogens with one attached hydrogen (secondary N) is 2. The van der Waals surface area contributed by atoms with Crippen LogP contribution in [-0.2, 0) is 25.7 Å². The first-order valence-corrected chi connectivity index (χ1v) is 13.5. The Kier molecular flexibility index (Phi) is 8.11. The van der Waals surface area contributed by atoms with Gasteiger partial charge in [-0.2, -0.15) is 0 Å². The van der Waals surface area contributed by atoms with Gasteiger partial charge in [0.1, 0.15) is 12.6 Å². The van der Waals surface area contributed by atoms with Gasteiger partial charge in [-0.3, -0.25) is 29.4 Å². The number of anilines is 1. The molecule has 0 bridgehead atoms. The Balaban J connectivity index is 1.05. The third-order valence-corrected chi connectivity index (χ3v) is 7.43. The SMILES string of the molecule is CN(CCCOC1CC(Nc2cccc3c2C(=O)N(C2CCC(=O)NC2=O)C3=O)C1)C(=O)OCc1ccccc1. The minimum atomic E-state index is -0.996. The van der Waals surface area contributed by atoms with Crippen molar-refractivity contribution in [2.75, 3.05) is 25.5 Å². The normalized spacial score (nSPS) is 21.9. The number of carbonyl (C=O) groups is 5. The lowest BCUT2D eigenvalue weighted by Crippen LogP contribution is -2.54. The van der Waals surface area contributed by atoms with Gasteiger partial charge >= 0.3 is 6.09 Å². The number of carbonyl (C=O) groups excluding carboxylic acids is 5. The summed E-state index contributed by atoms with van der Waals surface area (Å²) < 4.78 is 11.3. The Hall–Kier alpha value is -4.25. The molecule has 0 aromatic heterocycles. The number of benzene rings is 2. The maximum atomic E-state index is 13.2. The number of rotatable bonds is 10. The second-order valence-electron chi connectivity index (χ2n) is 10.3. The molecule has 2 aromatic rings. The summed E-state index contributed by atoms with van der Waals surface area (Å²) in [6.07, 6.45) is 2.01. The van der Waals surface area contributed by atoms with Gasteiger partial charge in [0, 0.05) is 38.3 Å². The van der Waals surface area contributed by atoms with Crippen LogP contribution in [0.15, 0.2) is 48.5 Å². The Labute approximate surface area is 231 Å². The van der Waals surface area contributed by atoms with E-state index >= 15 is 0 Å². The van der Waals surface area contributed by atoms with Gasteiger partial charge < -0.3 is 19.7 Å². The first kappa shape index (κ1) is 27.3. The molecule has 11 nitrogen and oxygen atoms in total. The quantitative estimate of drug-likeness (QED) is 0.342. The molecule has 11 heteroatoms. The van der Waals surface area contributed by atoms with Crippen molar-refractivity contribution in [3.8, 4) is 0 Å². The Morgan fingerprint density at radius 2 is 1.82 bits per heavy atom. The molecule has 1 atom stereocenters. The van der Waals surface area contributed by atoms with Crippen LogP contribution in [0.2, 0.25) is 0 Å². The maximum absolute atomic E-state index is 13.2. The van der Waals surface area contributed by atoms with E-state index in [0.29, 0.717) is 25.3 Å². The van der Waals surface area contributed by atoms with Crippen molar-refractivity contribution in [1.29, 1.82) is 0 Å². The largest absolute Gasteiger partial charge is 0.445 e. The lowest BCUT2D eigenvalue weighted by molar-refractivity contribution is -0.136. The predicted molar refractivity (Wildman–Crippen MR) is 143 cm³/mol. The molecule has 0 radical (unpaired) electrons. The summed E-state index contributed by atoms with van der Waals surface area (Å²) in [6, 6.07) is 13.6. The fourth-order valence-electron chi connectivity index (χ4n) is 5.15. The molecule has 1 saturated carbocycles. The summed E-state index contributed by atoms with van der Waals surface area (Å²) in [4.78, 5) is 64.7. The molecular weight excluding hydrogens is 516 g/mol. The molecule has 2 N–H and O–H groups in total. The molecule has 2 fully saturated rings. The maximum Gasteiger partial charge on any atom is 0.409 e. The third kappa shape index (κ3) is 5.84. The number of piperidine rings is 1. The highest BCUT2D eigenvalue weighted by Crippen LogP contribution is 2.35. The Morgan fingerprint density at radius 3 is 2.58 bits per heavy atom. The third-order valence-electron chi connectivity index (χ3n) is 7.43. The lowest BCUT2D eigenvalue weighted by atomic mass is 9.88. The molecule has 210 valence electrons. The van der Waals surface area contributed by atoms with Crippen molar-refractivity contribution in [2.45, 2.75) is 56.9 Å². The molecule has 0 spiro atoms. The van der Waals surface area contributed by atoms with Gasteiger partial charge in [-0.25, -0.2) is 4.79 Å². The highest BCUT2D eigenvalue weighted by Gasteiger charge is 2.46. The fraction of sp³-hybridized carbons (Fsp3) is 0.414. The van der Waals surface area contributed by atoms with E-state index in [1.807, 2.05) is 30.3 Å². The molecule has 1 saturated heterocycles. The smallest absolute Gasteiger partial charge is 0.409 e. The number of fused-ring (bicyclic) bond motifs is 1. The van der Waals surface area contributed by atoms with Gasteiger partial charge in [0.2, 0.25) is 11.8 Å². The second kappa shape index (κ2) is 11.9. The average molecular weight is 549 g/mol. The molecule has 5 rings (SSSR count). The number of nitrogens with zero attached hydrogens (tertiary/aromatic N) is 2. The van der Waals surface area contributed by atoms with Crippen molar-refractivity contribution in [3.63, 3.8) is 0 Å². The zero-order valence-electron chi connectivity index (χ0n) is 22.3. The number of imide groups is 2. The van der Waals surface area contributed by atoms with E-state index in [1.165, 1.54) is 4.90 Å². The van der Waals surface area contributed by atoms with Crippen molar-refractivity contribution in [3.05, 3.63) is 65.2 Å². The van der Waals surface area contributed by atoms with Crippen molar-refractivity contribution in [2.24, 2.45) is 0 Å². The number of ether oxygens (including phenoxy) is 2. The fourth-order valence-corrected chi connectivity index (χ4v) is 5.15. The molecule has 1 aliphatic carbocycles. The molecule has 40 heavy (non-hydrogen) atoms. The highest BCUT2D eigenvalue weighted by molar-refractivity contribution is 6.25. The topological polar surface area (TPSA) is 134 Å². The molecular formula is C29H32N4O7. The molecule has 2 heterocycles. The van der Waals surface area contributed by atoms with Crippen LogP contribution in [0.5, 0.6) is 0 Å². The van der Waals surface area contributed by atoms with Crippen LogP contribution in [-0.4, -0.2) is 77.9 Å². The van der Waals surface area contributed by atoms with Gasteiger partial charge in [0.05, 0.1) is 17.2 Å². The predicted octanol–water partition coefficient (Wildman–Crippen LogP) is 2.71. The minimum absolute atomic E-state index is 0.0573. The first-order chi connectivity index (χ1) is 19.3. The molecule has 5 amide bonds. The van der Waals surface area contributed by atoms with Crippen LogP contribution in [0.25, 0.3) is 0 Å². The van der Waals surface area contributed by atoms with Crippen molar-refractivity contribution in [1.82, 2.24) is 15.1 Å². The van der Waals surface area contributed by atoms with Crippen LogP contribution in [0.4, 0.5) is 10.5 Å². The van der Waals surface area contributed by atoms with Crippen LogP contribution >= 0.6 is 0 Å². The van der Waals surface area contributed by atoms with E-state index in [9.17, 15) is 24.0 Å². The molecule has 2 aromatic carbocycles. The van der Waals surface area contributed by atoms with Crippen LogP contribution in [0.3, 0.4) is 0 Å². The number of hydrogen-bond acceptors (Lipinski definition) is 8. The molecule has 3 aliphatic rings. The summed E-state index contributed by atoms with van der Waals surface area (Å²) in [5.74, 6) is -2.09. The van der Waals surface area contributed by atoms with E-state index in [0.717, 1.165) is 23.3 Å². The monoisotopic (exact) mass is 548 g/mol.